The van der Waals surface area contributed by atoms with Crippen molar-refractivity contribution in [2.45, 2.75) is 19.3 Å². The first-order valence-electron chi connectivity index (χ1n) is 5.81. The molecule has 6 nitrogen and oxygen atoms in total. The minimum atomic E-state index is -1.13. The van der Waals surface area contributed by atoms with Crippen molar-refractivity contribution >= 4 is 23.5 Å². The van der Waals surface area contributed by atoms with Gasteiger partial charge >= 0.3 is 5.97 Å². The van der Waals surface area contributed by atoms with Crippen LogP contribution in [-0.2, 0) is 9.59 Å². The van der Waals surface area contributed by atoms with Gasteiger partial charge in [-0.1, -0.05) is 0 Å². The van der Waals surface area contributed by atoms with Gasteiger partial charge in [0.05, 0.1) is 12.8 Å². The SMILES string of the molecule is COc1cc(N2C(=O)CCCC2=O)ccc1C(=O)O. The second kappa shape index (κ2) is 5.09. The van der Waals surface area contributed by atoms with E-state index in [0.717, 1.165) is 4.90 Å². The number of anilines is 1. The number of piperidine rings is 1. The fraction of sp³-hybridized carbons (Fsp3) is 0.308. The van der Waals surface area contributed by atoms with E-state index in [1.165, 1.54) is 25.3 Å². The van der Waals surface area contributed by atoms with Crippen LogP contribution in [0.4, 0.5) is 5.69 Å². The highest BCUT2D eigenvalue weighted by molar-refractivity contribution is 6.16. The monoisotopic (exact) mass is 263 g/mol. The van der Waals surface area contributed by atoms with E-state index >= 15 is 0 Å². The molecule has 1 aliphatic rings. The van der Waals surface area contributed by atoms with Crippen LogP contribution in [0.3, 0.4) is 0 Å². The molecule has 0 bridgehead atoms. The summed E-state index contributed by atoms with van der Waals surface area (Å²) < 4.78 is 4.98. The lowest BCUT2D eigenvalue weighted by Gasteiger charge is -2.25. The van der Waals surface area contributed by atoms with Gasteiger partial charge in [-0.3, -0.25) is 14.5 Å². The molecule has 19 heavy (non-hydrogen) atoms. The Kier molecular flexibility index (Phi) is 3.50. The Balaban J connectivity index is 2.42. The maximum atomic E-state index is 11.8. The maximum absolute atomic E-state index is 11.8. The molecule has 1 aromatic carbocycles. The molecule has 2 rings (SSSR count). The molecule has 0 spiro atoms. The van der Waals surface area contributed by atoms with E-state index in [1.807, 2.05) is 0 Å². The van der Waals surface area contributed by atoms with Gasteiger partial charge in [-0.05, 0) is 18.6 Å². The number of hydrogen-bond acceptors (Lipinski definition) is 4. The molecular weight excluding hydrogens is 250 g/mol. The molecule has 2 amide bonds. The number of hydrogen-bond donors (Lipinski definition) is 1. The Morgan fingerprint density at radius 1 is 1.26 bits per heavy atom. The van der Waals surface area contributed by atoms with Crippen LogP contribution in [-0.4, -0.2) is 30.0 Å². The lowest BCUT2D eigenvalue weighted by Crippen LogP contribution is -2.40. The largest absolute Gasteiger partial charge is 0.496 e. The number of carboxylic acids is 1. The van der Waals surface area contributed by atoms with Crippen LogP contribution < -0.4 is 9.64 Å². The molecule has 1 N–H and O–H groups in total. The second-order valence-electron chi connectivity index (χ2n) is 4.17. The molecule has 1 heterocycles. The summed E-state index contributed by atoms with van der Waals surface area (Å²) in [6, 6.07) is 4.16. The van der Waals surface area contributed by atoms with E-state index in [9.17, 15) is 14.4 Å². The van der Waals surface area contributed by atoms with Crippen LogP contribution >= 0.6 is 0 Å². The maximum Gasteiger partial charge on any atom is 0.339 e. The van der Waals surface area contributed by atoms with E-state index in [1.54, 1.807) is 0 Å². The third-order valence-corrected chi connectivity index (χ3v) is 2.95. The summed E-state index contributed by atoms with van der Waals surface area (Å²) in [7, 11) is 1.34. The number of nitrogens with zero attached hydrogens (tertiary/aromatic N) is 1. The Morgan fingerprint density at radius 3 is 2.42 bits per heavy atom. The topological polar surface area (TPSA) is 83.9 Å². The fourth-order valence-corrected chi connectivity index (χ4v) is 2.04. The summed E-state index contributed by atoms with van der Waals surface area (Å²) in [6.45, 7) is 0. The highest BCUT2D eigenvalue weighted by atomic mass is 16.5. The molecular formula is C13H13NO5. The number of carboxylic acid groups (broad SMARTS) is 1. The van der Waals surface area contributed by atoms with Crippen molar-refractivity contribution in [1.82, 2.24) is 0 Å². The highest BCUT2D eigenvalue weighted by Crippen LogP contribution is 2.28. The normalized spacial score (nSPS) is 15.5. The highest BCUT2D eigenvalue weighted by Gasteiger charge is 2.28. The molecule has 1 saturated heterocycles. The quantitative estimate of drug-likeness (QED) is 0.834. The smallest absolute Gasteiger partial charge is 0.339 e. The van der Waals surface area contributed by atoms with Gasteiger partial charge in [0.1, 0.15) is 11.3 Å². The molecule has 0 atom stereocenters. The van der Waals surface area contributed by atoms with Crippen LogP contribution in [0.15, 0.2) is 18.2 Å². The van der Waals surface area contributed by atoms with Crippen molar-refractivity contribution in [2.75, 3.05) is 12.0 Å². The van der Waals surface area contributed by atoms with Crippen LogP contribution in [0.2, 0.25) is 0 Å². The molecule has 1 fully saturated rings. The molecule has 100 valence electrons. The Hall–Kier alpha value is -2.37. The summed E-state index contributed by atoms with van der Waals surface area (Å²) in [5.41, 5.74) is 0.333. The van der Waals surface area contributed by atoms with Gasteiger partial charge in [-0.15, -0.1) is 0 Å². The molecule has 1 aliphatic heterocycles. The minimum Gasteiger partial charge on any atom is -0.496 e. The molecule has 0 radical (unpaired) electrons. The number of aromatic carboxylic acids is 1. The molecule has 0 aromatic heterocycles. The summed E-state index contributed by atoms with van der Waals surface area (Å²) >= 11 is 0. The number of benzene rings is 1. The number of carbonyl (C=O) groups excluding carboxylic acids is 2. The molecule has 1 aromatic rings. The number of imide groups is 1. The number of carbonyl (C=O) groups is 3. The lowest BCUT2D eigenvalue weighted by molar-refractivity contribution is -0.129. The van der Waals surface area contributed by atoms with E-state index in [0.29, 0.717) is 24.9 Å². The minimum absolute atomic E-state index is 0.0110. The lowest BCUT2D eigenvalue weighted by atomic mass is 10.1. The predicted octanol–water partition coefficient (Wildman–Crippen LogP) is 1.44. The average molecular weight is 263 g/mol. The second-order valence-corrected chi connectivity index (χ2v) is 4.17. The average Bonchev–Trinajstić information content (AvgIpc) is 2.38. The van der Waals surface area contributed by atoms with E-state index in [-0.39, 0.29) is 23.1 Å². The molecule has 6 heteroatoms. The molecule has 0 saturated carbocycles. The van der Waals surface area contributed by atoms with Crippen molar-refractivity contribution in [3.63, 3.8) is 0 Å². The van der Waals surface area contributed by atoms with Crippen LogP contribution in [0.25, 0.3) is 0 Å². The summed E-state index contributed by atoms with van der Waals surface area (Å²) in [5, 5.41) is 8.97. The van der Waals surface area contributed by atoms with Crippen molar-refractivity contribution in [2.24, 2.45) is 0 Å². The van der Waals surface area contributed by atoms with Gasteiger partial charge in [0.15, 0.2) is 0 Å². The zero-order chi connectivity index (χ0) is 14.0. The van der Waals surface area contributed by atoms with Gasteiger partial charge < -0.3 is 9.84 Å². The van der Waals surface area contributed by atoms with Crippen molar-refractivity contribution in [3.05, 3.63) is 23.8 Å². The van der Waals surface area contributed by atoms with Crippen LogP contribution in [0.5, 0.6) is 5.75 Å². The zero-order valence-electron chi connectivity index (χ0n) is 10.4. The Labute approximate surface area is 109 Å². The van der Waals surface area contributed by atoms with Crippen molar-refractivity contribution in [1.29, 1.82) is 0 Å². The van der Waals surface area contributed by atoms with Crippen molar-refractivity contribution < 1.29 is 24.2 Å². The van der Waals surface area contributed by atoms with Gasteiger partial charge in [-0.2, -0.15) is 0 Å². The van der Waals surface area contributed by atoms with E-state index < -0.39 is 5.97 Å². The first-order chi connectivity index (χ1) is 9.04. The van der Waals surface area contributed by atoms with Crippen LogP contribution in [0.1, 0.15) is 29.6 Å². The number of methoxy groups -OCH3 is 1. The van der Waals surface area contributed by atoms with Gasteiger partial charge in [0.2, 0.25) is 11.8 Å². The summed E-state index contributed by atoms with van der Waals surface area (Å²) in [5.74, 6) is -1.56. The zero-order valence-corrected chi connectivity index (χ0v) is 10.4. The van der Waals surface area contributed by atoms with Crippen molar-refractivity contribution in [3.8, 4) is 5.75 Å². The number of amides is 2. The standard InChI is InChI=1S/C13H13NO5/c1-19-10-7-8(5-6-9(10)13(17)18)14-11(15)3-2-4-12(14)16/h5-7H,2-4H2,1H3,(H,17,18). The van der Waals surface area contributed by atoms with Gasteiger partial charge in [-0.25, -0.2) is 4.79 Å². The van der Waals surface area contributed by atoms with E-state index in [4.69, 9.17) is 9.84 Å². The Bertz CT molecular complexity index is 536. The van der Waals surface area contributed by atoms with Crippen LogP contribution in [0, 0.1) is 0 Å². The van der Waals surface area contributed by atoms with Gasteiger partial charge in [0.25, 0.3) is 0 Å². The molecule has 0 unspecified atom stereocenters. The summed E-state index contributed by atoms with van der Waals surface area (Å²) in [4.78, 5) is 35.6. The first-order valence-corrected chi connectivity index (χ1v) is 5.81. The number of rotatable bonds is 3. The first kappa shape index (κ1) is 13.1. The third-order valence-electron chi connectivity index (χ3n) is 2.95. The van der Waals surface area contributed by atoms with E-state index in [2.05, 4.69) is 0 Å². The predicted molar refractivity (Wildman–Crippen MR) is 66.3 cm³/mol. The Morgan fingerprint density at radius 2 is 1.89 bits per heavy atom. The number of ether oxygens (including phenoxy) is 1. The van der Waals surface area contributed by atoms with Gasteiger partial charge in [0, 0.05) is 18.9 Å². The summed E-state index contributed by atoms with van der Waals surface area (Å²) in [6.07, 6.45) is 1.18. The fourth-order valence-electron chi connectivity index (χ4n) is 2.04. The third kappa shape index (κ3) is 2.42. The molecule has 0 aliphatic carbocycles.